The molecular weight excluding hydrogens is 412 g/mol. The maximum atomic E-state index is 14.2. The van der Waals surface area contributed by atoms with E-state index in [-0.39, 0.29) is 29.8 Å². The first-order valence-electron chi connectivity index (χ1n) is 12.3. The summed E-state index contributed by atoms with van der Waals surface area (Å²) in [6.07, 6.45) is 9.24. The molecule has 1 saturated carbocycles. The van der Waals surface area contributed by atoms with Gasteiger partial charge >= 0.3 is 5.97 Å². The number of allylic oxidation sites excluding steroid dienone is 6. The van der Waals surface area contributed by atoms with Crippen LogP contribution in [0.5, 0.6) is 0 Å². The fourth-order valence-electron chi connectivity index (χ4n) is 5.13. The SMILES string of the molecule is COC(=O)[C@@]1(CC=C(C)C)C[C@@H](CC=C(C)C)[C@@](C)(CCC=C(C)C)[C@H](C(=O)C(C)C)C1=O. The zero-order valence-corrected chi connectivity index (χ0v) is 22.6. The van der Waals surface area contributed by atoms with Crippen LogP contribution in [0.4, 0.5) is 0 Å². The van der Waals surface area contributed by atoms with E-state index in [1.807, 2.05) is 33.8 Å². The molecule has 1 aliphatic rings. The van der Waals surface area contributed by atoms with Gasteiger partial charge in [0.25, 0.3) is 0 Å². The molecule has 0 aliphatic heterocycles. The first-order valence-corrected chi connectivity index (χ1v) is 12.3. The van der Waals surface area contributed by atoms with Crippen molar-refractivity contribution in [2.75, 3.05) is 7.11 Å². The van der Waals surface area contributed by atoms with Gasteiger partial charge in [0.2, 0.25) is 0 Å². The second-order valence-electron chi connectivity index (χ2n) is 11.2. The van der Waals surface area contributed by atoms with Gasteiger partial charge in [0.1, 0.15) is 11.2 Å². The van der Waals surface area contributed by atoms with Gasteiger partial charge in [-0.3, -0.25) is 14.4 Å². The summed E-state index contributed by atoms with van der Waals surface area (Å²) in [7, 11) is 1.34. The molecule has 0 aromatic rings. The topological polar surface area (TPSA) is 60.4 Å². The lowest BCUT2D eigenvalue weighted by Gasteiger charge is -2.52. The van der Waals surface area contributed by atoms with Gasteiger partial charge in [-0.1, -0.05) is 55.7 Å². The number of ether oxygens (including phenoxy) is 1. The molecule has 0 unspecified atom stereocenters. The molecule has 4 atom stereocenters. The molecule has 0 heterocycles. The van der Waals surface area contributed by atoms with E-state index in [1.54, 1.807) is 0 Å². The number of carbonyl (C=O) groups excluding carboxylic acids is 3. The van der Waals surface area contributed by atoms with Crippen LogP contribution < -0.4 is 0 Å². The molecule has 33 heavy (non-hydrogen) atoms. The van der Waals surface area contributed by atoms with Gasteiger partial charge in [-0.2, -0.15) is 0 Å². The minimum atomic E-state index is -1.32. The molecule has 186 valence electrons. The Morgan fingerprint density at radius 1 is 1.00 bits per heavy atom. The molecule has 0 bridgehead atoms. The maximum absolute atomic E-state index is 14.2. The lowest BCUT2D eigenvalue weighted by molar-refractivity contribution is -0.172. The van der Waals surface area contributed by atoms with Gasteiger partial charge in [0, 0.05) is 5.92 Å². The zero-order valence-electron chi connectivity index (χ0n) is 22.6. The van der Waals surface area contributed by atoms with Crippen molar-refractivity contribution >= 4 is 17.5 Å². The molecule has 0 saturated heterocycles. The Bertz CT molecular complexity index is 817. The molecule has 0 spiro atoms. The summed E-state index contributed by atoms with van der Waals surface area (Å²) in [5, 5.41) is 0. The molecule has 1 rings (SSSR count). The maximum Gasteiger partial charge on any atom is 0.319 e. The van der Waals surface area contributed by atoms with Crippen LogP contribution in [0.25, 0.3) is 0 Å². The summed E-state index contributed by atoms with van der Waals surface area (Å²) >= 11 is 0. The van der Waals surface area contributed by atoms with Crippen molar-refractivity contribution in [3.63, 3.8) is 0 Å². The van der Waals surface area contributed by atoms with Crippen LogP contribution >= 0.6 is 0 Å². The zero-order chi connectivity index (χ0) is 25.6. The fraction of sp³-hybridized carbons (Fsp3) is 0.690. The molecule has 0 aromatic carbocycles. The predicted octanol–water partition coefficient (Wildman–Crippen LogP) is 7.04. The molecule has 0 radical (unpaired) electrons. The van der Waals surface area contributed by atoms with Crippen molar-refractivity contribution < 1.29 is 19.1 Å². The Morgan fingerprint density at radius 2 is 1.55 bits per heavy atom. The van der Waals surface area contributed by atoms with Crippen LogP contribution in [0, 0.1) is 28.6 Å². The average Bonchev–Trinajstić information content (AvgIpc) is 2.71. The van der Waals surface area contributed by atoms with Crippen molar-refractivity contribution in [3.05, 3.63) is 34.9 Å². The Hall–Kier alpha value is -1.97. The highest BCUT2D eigenvalue weighted by Crippen LogP contribution is 2.56. The van der Waals surface area contributed by atoms with Crippen molar-refractivity contribution in [3.8, 4) is 0 Å². The largest absolute Gasteiger partial charge is 0.468 e. The van der Waals surface area contributed by atoms with Crippen LogP contribution in [0.1, 0.15) is 94.4 Å². The Morgan fingerprint density at radius 3 is 2.00 bits per heavy atom. The van der Waals surface area contributed by atoms with E-state index in [0.717, 1.165) is 24.8 Å². The number of ketones is 2. The van der Waals surface area contributed by atoms with Crippen LogP contribution in [-0.4, -0.2) is 24.6 Å². The highest BCUT2D eigenvalue weighted by molar-refractivity contribution is 6.14. The fourth-order valence-corrected chi connectivity index (χ4v) is 5.13. The number of methoxy groups -OCH3 is 1. The lowest BCUT2D eigenvalue weighted by atomic mass is 9.49. The van der Waals surface area contributed by atoms with Crippen LogP contribution in [0.3, 0.4) is 0 Å². The third kappa shape index (κ3) is 6.77. The van der Waals surface area contributed by atoms with Crippen molar-refractivity contribution in [2.45, 2.75) is 94.4 Å². The number of rotatable bonds is 10. The minimum Gasteiger partial charge on any atom is -0.468 e. The molecule has 0 N–H and O–H groups in total. The molecule has 1 aliphatic carbocycles. The van der Waals surface area contributed by atoms with E-state index in [2.05, 4.69) is 46.8 Å². The Labute approximate surface area is 201 Å². The molecule has 0 amide bonds. The van der Waals surface area contributed by atoms with Crippen molar-refractivity contribution in [2.24, 2.45) is 28.6 Å². The van der Waals surface area contributed by atoms with E-state index in [4.69, 9.17) is 4.74 Å². The van der Waals surface area contributed by atoms with E-state index < -0.39 is 22.7 Å². The van der Waals surface area contributed by atoms with Gasteiger partial charge in [0.05, 0.1) is 13.0 Å². The molecule has 1 fully saturated rings. The summed E-state index contributed by atoms with van der Waals surface area (Å²) in [6.45, 7) is 18.0. The van der Waals surface area contributed by atoms with Crippen LogP contribution in [-0.2, 0) is 19.1 Å². The first kappa shape index (κ1) is 29.1. The van der Waals surface area contributed by atoms with Crippen molar-refractivity contribution in [1.29, 1.82) is 0 Å². The van der Waals surface area contributed by atoms with E-state index >= 15 is 0 Å². The second kappa shape index (κ2) is 11.9. The third-order valence-electron chi connectivity index (χ3n) is 7.26. The van der Waals surface area contributed by atoms with Gasteiger partial charge in [-0.05, 0) is 85.0 Å². The van der Waals surface area contributed by atoms with Crippen molar-refractivity contribution in [1.82, 2.24) is 0 Å². The monoisotopic (exact) mass is 458 g/mol. The minimum absolute atomic E-state index is 0.00743. The molecule has 0 aromatic heterocycles. The summed E-state index contributed by atoms with van der Waals surface area (Å²) in [4.78, 5) is 41.1. The number of hydrogen-bond donors (Lipinski definition) is 0. The molecular formula is C29H46O4. The van der Waals surface area contributed by atoms with Gasteiger partial charge in [-0.15, -0.1) is 0 Å². The lowest BCUT2D eigenvalue weighted by Crippen LogP contribution is -2.59. The number of esters is 1. The summed E-state index contributed by atoms with van der Waals surface area (Å²) in [5.41, 5.74) is 1.60. The Kier molecular flexibility index (Phi) is 10.5. The van der Waals surface area contributed by atoms with Crippen LogP contribution in [0.15, 0.2) is 34.9 Å². The summed E-state index contributed by atoms with van der Waals surface area (Å²) < 4.78 is 5.21. The van der Waals surface area contributed by atoms with Crippen LogP contribution in [0.2, 0.25) is 0 Å². The second-order valence-corrected chi connectivity index (χ2v) is 11.2. The molecule has 4 nitrogen and oxygen atoms in total. The van der Waals surface area contributed by atoms with E-state index in [9.17, 15) is 14.4 Å². The smallest absolute Gasteiger partial charge is 0.319 e. The quantitative estimate of drug-likeness (QED) is 0.200. The van der Waals surface area contributed by atoms with Gasteiger partial charge in [0.15, 0.2) is 5.78 Å². The third-order valence-corrected chi connectivity index (χ3v) is 7.26. The number of hydrogen-bond acceptors (Lipinski definition) is 4. The normalized spacial score (nSPS) is 27.1. The number of carbonyl (C=O) groups is 3. The van der Waals surface area contributed by atoms with Gasteiger partial charge < -0.3 is 4.74 Å². The average molecular weight is 459 g/mol. The Balaban J connectivity index is 3.79. The highest BCUT2D eigenvalue weighted by atomic mass is 16.5. The first-order chi connectivity index (χ1) is 15.2. The predicted molar refractivity (Wildman–Crippen MR) is 136 cm³/mol. The number of Topliss-reactive ketones (excluding diaryl/α,β-unsaturated/α-hetero) is 2. The van der Waals surface area contributed by atoms with E-state index in [1.165, 1.54) is 18.3 Å². The standard InChI is InChI=1S/C29H46O4/c1-19(2)12-11-16-28(9)23(14-13-20(3)4)18-29(27(32)33-10,17-15-21(5)6)26(31)24(28)25(30)22(7)8/h12-13,15,22-24H,11,14,16-18H2,1-10H3/t23-,24-,28-,29+/m1/s1. The van der Waals surface area contributed by atoms with Gasteiger partial charge in [-0.25, -0.2) is 0 Å². The highest BCUT2D eigenvalue weighted by Gasteiger charge is 2.62. The van der Waals surface area contributed by atoms with E-state index in [0.29, 0.717) is 6.42 Å². The summed E-state index contributed by atoms with van der Waals surface area (Å²) in [5.74, 6) is -1.93. The summed E-state index contributed by atoms with van der Waals surface area (Å²) in [6, 6.07) is 0. The molecule has 4 heteroatoms.